The number of nitrogens with one attached hydrogen (secondary N) is 2. The normalized spacial score (nSPS) is 13.9. The van der Waals surface area contributed by atoms with Crippen LogP contribution in [0.25, 0.3) is 10.8 Å². The van der Waals surface area contributed by atoms with E-state index in [1.807, 2.05) is 19.1 Å². The molecule has 0 atom stereocenters. The van der Waals surface area contributed by atoms with Crippen LogP contribution in [0.1, 0.15) is 23.7 Å². The highest BCUT2D eigenvalue weighted by molar-refractivity contribution is 7.93. The van der Waals surface area contributed by atoms with E-state index in [4.69, 9.17) is 11.6 Å². The molecule has 0 unspecified atom stereocenters. The lowest BCUT2D eigenvalue weighted by Crippen LogP contribution is -2.35. The van der Waals surface area contributed by atoms with Crippen LogP contribution in [0.15, 0.2) is 59.5 Å². The molecule has 0 spiro atoms. The number of amides is 2. The molecule has 3 aromatic carbocycles. The van der Waals surface area contributed by atoms with Crippen molar-refractivity contribution in [3.8, 4) is 0 Å². The van der Waals surface area contributed by atoms with Crippen LogP contribution in [0.3, 0.4) is 0 Å². The Morgan fingerprint density at radius 3 is 2.52 bits per heavy atom. The maximum absolute atomic E-state index is 13.0. The second-order valence-electron chi connectivity index (χ2n) is 7.14. The van der Waals surface area contributed by atoms with Gasteiger partial charge in [0.1, 0.15) is 6.54 Å². The highest BCUT2D eigenvalue weighted by Gasteiger charge is 2.36. The predicted octanol–water partition coefficient (Wildman–Crippen LogP) is 3.78. The largest absolute Gasteiger partial charge is 0.352 e. The van der Waals surface area contributed by atoms with E-state index < -0.39 is 15.9 Å². The molecule has 0 aromatic heterocycles. The zero-order valence-electron chi connectivity index (χ0n) is 16.7. The van der Waals surface area contributed by atoms with Crippen LogP contribution in [0.5, 0.6) is 0 Å². The highest BCUT2D eigenvalue weighted by atomic mass is 35.5. The van der Waals surface area contributed by atoms with E-state index in [1.54, 1.807) is 30.3 Å². The van der Waals surface area contributed by atoms with Crippen LogP contribution >= 0.6 is 11.6 Å². The maximum Gasteiger partial charge on any atom is 0.265 e. The van der Waals surface area contributed by atoms with Crippen molar-refractivity contribution in [3.05, 3.63) is 65.2 Å². The summed E-state index contributed by atoms with van der Waals surface area (Å²) in [4.78, 5) is 25.0. The lowest BCUT2D eigenvalue weighted by Gasteiger charge is -2.18. The third-order valence-electron chi connectivity index (χ3n) is 5.00. The molecular formula is C22H20ClN3O4S. The summed E-state index contributed by atoms with van der Waals surface area (Å²) >= 11 is 6.20. The van der Waals surface area contributed by atoms with Gasteiger partial charge in [-0.3, -0.25) is 13.9 Å². The topological polar surface area (TPSA) is 95.6 Å². The SMILES string of the molecule is CCCNC(=O)c1ccc(NC(=O)CN2c3cccc4cccc(c34)S2(=O)=O)cc1Cl. The van der Waals surface area contributed by atoms with E-state index in [9.17, 15) is 18.0 Å². The molecule has 0 aliphatic carbocycles. The lowest BCUT2D eigenvalue weighted by atomic mass is 10.1. The first-order valence-electron chi connectivity index (χ1n) is 9.75. The first-order valence-corrected chi connectivity index (χ1v) is 11.6. The third-order valence-corrected chi connectivity index (χ3v) is 7.12. The van der Waals surface area contributed by atoms with Gasteiger partial charge in [-0.25, -0.2) is 8.42 Å². The summed E-state index contributed by atoms with van der Waals surface area (Å²) in [5, 5.41) is 7.00. The Bertz CT molecular complexity index is 1300. The molecule has 0 bridgehead atoms. The van der Waals surface area contributed by atoms with Gasteiger partial charge in [-0.15, -0.1) is 0 Å². The van der Waals surface area contributed by atoms with Gasteiger partial charge < -0.3 is 10.6 Å². The van der Waals surface area contributed by atoms with E-state index in [0.29, 0.717) is 28.9 Å². The highest BCUT2D eigenvalue weighted by Crippen LogP contribution is 2.41. The van der Waals surface area contributed by atoms with Crippen LogP contribution in [-0.2, 0) is 14.8 Å². The van der Waals surface area contributed by atoms with E-state index in [2.05, 4.69) is 10.6 Å². The zero-order chi connectivity index (χ0) is 22.2. The Hall–Kier alpha value is -3.10. The van der Waals surface area contributed by atoms with E-state index in [0.717, 1.165) is 16.1 Å². The molecule has 2 N–H and O–H groups in total. The number of benzene rings is 3. The number of nitrogens with zero attached hydrogens (tertiary/aromatic N) is 1. The predicted molar refractivity (Wildman–Crippen MR) is 121 cm³/mol. The summed E-state index contributed by atoms with van der Waals surface area (Å²) < 4.78 is 27.1. The fourth-order valence-corrected chi connectivity index (χ4v) is 5.50. The van der Waals surface area contributed by atoms with Gasteiger partial charge >= 0.3 is 0 Å². The van der Waals surface area contributed by atoms with Gasteiger partial charge in [0.15, 0.2) is 0 Å². The molecule has 1 aliphatic heterocycles. The fourth-order valence-electron chi connectivity index (χ4n) is 3.57. The molecule has 1 aliphatic rings. The zero-order valence-corrected chi connectivity index (χ0v) is 18.3. The molecule has 9 heteroatoms. The number of carbonyl (C=O) groups is 2. The average molecular weight is 458 g/mol. The van der Waals surface area contributed by atoms with Crippen molar-refractivity contribution in [2.75, 3.05) is 22.7 Å². The van der Waals surface area contributed by atoms with Gasteiger partial charge in [0.25, 0.3) is 15.9 Å². The van der Waals surface area contributed by atoms with Crippen molar-refractivity contribution in [2.24, 2.45) is 0 Å². The van der Waals surface area contributed by atoms with Crippen molar-refractivity contribution >= 4 is 55.6 Å². The summed E-state index contributed by atoms with van der Waals surface area (Å²) in [6, 6.07) is 14.9. The Kier molecular flexibility index (Phi) is 5.60. The second kappa shape index (κ2) is 8.20. The minimum Gasteiger partial charge on any atom is -0.352 e. The molecule has 0 fully saturated rings. The van der Waals surface area contributed by atoms with Gasteiger partial charge in [0.05, 0.1) is 21.2 Å². The molecule has 4 rings (SSSR count). The molecule has 2 amide bonds. The molecule has 0 saturated heterocycles. The van der Waals surface area contributed by atoms with Crippen molar-refractivity contribution in [3.63, 3.8) is 0 Å². The van der Waals surface area contributed by atoms with Crippen LogP contribution in [-0.4, -0.2) is 33.3 Å². The first-order chi connectivity index (χ1) is 14.8. The standard InChI is InChI=1S/C22H20ClN3O4S/c1-2-11-24-22(28)16-10-9-15(12-17(16)23)25-20(27)13-26-18-7-3-5-14-6-4-8-19(21(14)18)31(26,29)30/h3-10,12H,2,11,13H2,1H3,(H,24,28)(H,25,27). The quantitative estimate of drug-likeness (QED) is 0.588. The van der Waals surface area contributed by atoms with E-state index in [-0.39, 0.29) is 22.4 Å². The minimum atomic E-state index is -3.83. The number of hydrogen-bond acceptors (Lipinski definition) is 4. The maximum atomic E-state index is 13.0. The third kappa shape index (κ3) is 3.84. The minimum absolute atomic E-state index is 0.192. The lowest BCUT2D eigenvalue weighted by molar-refractivity contribution is -0.114. The number of rotatable bonds is 6. The first kappa shape index (κ1) is 21.1. The van der Waals surface area contributed by atoms with Crippen LogP contribution in [0.2, 0.25) is 5.02 Å². The van der Waals surface area contributed by atoms with Crippen molar-refractivity contribution in [1.82, 2.24) is 5.32 Å². The summed E-state index contributed by atoms with van der Waals surface area (Å²) in [5.41, 5.74) is 1.15. The van der Waals surface area contributed by atoms with Crippen LogP contribution < -0.4 is 14.9 Å². The molecular weight excluding hydrogens is 438 g/mol. The second-order valence-corrected chi connectivity index (χ2v) is 9.38. The number of carbonyl (C=O) groups excluding carboxylic acids is 2. The van der Waals surface area contributed by atoms with Crippen LogP contribution in [0.4, 0.5) is 11.4 Å². The van der Waals surface area contributed by atoms with Gasteiger partial charge in [-0.1, -0.05) is 42.8 Å². The molecule has 1 heterocycles. The van der Waals surface area contributed by atoms with Gasteiger partial charge in [-0.05, 0) is 42.1 Å². The molecule has 160 valence electrons. The van der Waals surface area contributed by atoms with Gasteiger partial charge in [-0.2, -0.15) is 0 Å². The fraction of sp³-hybridized carbons (Fsp3) is 0.182. The molecule has 7 nitrogen and oxygen atoms in total. The van der Waals surface area contributed by atoms with Crippen molar-refractivity contribution in [1.29, 1.82) is 0 Å². The van der Waals surface area contributed by atoms with Crippen molar-refractivity contribution < 1.29 is 18.0 Å². The van der Waals surface area contributed by atoms with Crippen molar-refractivity contribution in [2.45, 2.75) is 18.2 Å². The number of hydrogen-bond donors (Lipinski definition) is 2. The number of sulfonamides is 1. The smallest absolute Gasteiger partial charge is 0.265 e. The average Bonchev–Trinajstić information content (AvgIpc) is 2.95. The van der Waals surface area contributed by atoms with Gasteiger partial charge in [0.2, 0.25) is 5.91 Å². The molecule has 3 aromatic rings. The molecule has 0 radical (unpaired) electrons. The Morgan fingerprint density at radius 2 is 1.81 bits per heavy atom. The van der Waals surface area contributed by atoms with Crippen LogP contribution in [0, 0.1) is 0 Å². The summed E-state index contributed by atoms with van der Waals surface area (Å²) in [6.45, 7) is 2.10. The van der Waals surface area contributed by atoms with E-state index >= 15 is 0 Å². The Balaban J connectivity index is 1.53. The van der Waals surface area contributed by atoms with Gasteiger partial charge in [0, 0.05) is 17.6 Å². The Morgan fingerprint density at radius 1 is 1.06 bits per heavy atom. The van der Waals surface area contributed by atoms with E-state index in [1.165, 1.54) is 12.1 Å². The Labute approximate surface area is 185 Å². The summed E-state index contributed by atoms with van der Waals surface area (Å²) in [6.07, 6.45) is 0.800. The number of anilines is 2. The monoisotopic (exact) mass is 457 g/mol. The summed E-state index contributed by atoms with van der Waals surface area (Å²) in [7, 11) is -3.83. The summed E-state index contributed by atoms with van der Waals surface area (Å²) in [5.74, 6) is -0.814. The molecule has 0 saturated carbocycles. The number of halogens is 1. The molecule has 31 heavy (non-hydrogen) atoms.